The molecule has 0 bridgehead atoms. The second-order valence-corrected chi connectivity index (χ2v) is 8.81. The Morgan fingerprint density at radius 3 is 2.39 bits per heavy atom. The van der Waals surface area contributed by atoms with Gasteiger partial charge in [-0.3, -0.25) is 4.99 Å². The summed E-state index contributed by atoms with van der Waals surface area (Å²) in [6.07, 6.45) is 22.9. The van der Waals surface area contributed by atoms with Crippen molar-refractivity contribution in [2.45, 2.75) is 90.6 Å². The molecule has 1 aromatic rings. The van der Waals surface area contributed by atoms with Crippen LogP contribution in [0, 0.1) is 0 Å². The number of aliphatic imine (C=N–C) groups is 1. The number of allylic oxidation sites excluding steroid dienone is 2. The van der Waals surface area contributed by atoms with E-state index in [0.717, 1.165) is 36.5 Å². The van der Waals surface area contributed by atoms with Crippen LogP contribution in [0.4, 0.5) is 0 Å². The molecule has 0 spiro atoms. The summed E-state index contributed by atoms with van der Waals surface area (Å²) in [5.74, 6) is 0. The molecular formula is C27H41N3O. The lowest BCUT2D eigenvalue weighted by Crippen LogP contribution is -2.18. The molecule has 31 heavy (non-hydrogen) atoms. The second kappa shape index (κ2) is 12.7. The zero-order chi connectivity index (χ0) is 21.9. The van der Waals surface area contributed by atoms with Crippen molar-refractivity contribution >= 4 is 11.4 Å². The third-order valence-corrected chi connectivity index (χ3v) is 6.10. The maximum Gasteiger partial charge on any atom is 0.120 e. The van der Waals surface area contributed by atoms with Gasteiger partial charge in [0.1, 0.15) is 6.10 Å². The van der Waals surface area contributed by atoms with Crippen LogP contribution in [0.15, 0.2) is 52.9 Å². The van der Waals surface area contributed by atoms with E-state index in [1.165, 1.54) is 69.2 Å². The zero-order valence-corrected chi connectivity index (χ0v) is 19.8. The van der Waals surface area contributed by atoms with E-state index in [2.05, 4.69) is 67.3 Å². The molecule has 0 aliphatic carbocycles. The van der Waals surface area contributed by atoms with E-state index in [-0.39, 0.29) is 6.10 Å². The van der Waals surface area contributed by atoms with Crippen molar-refractivity contribution in [1.29, 1.82) is 0 Å². The van der Waals surface area contributed by atoms with Gasteiger partial charge in [0.25, 0.3) is 0 Å². The smallest absolute Gasteiger partial charge is 0.120 e. The van der Waals surface area contributed by atoms with Gasteiger partial charge in [0.05, 0.1) is 22.8 Å². The molecule has 1 atom stereocenters. The molecule has 4 nitrogen and oxygen atoms in total. The molecule has 2 aliphatic heterocycles. The average molecular weight is 424 g/mol. The van der Waals surface area contributed by atoms with Gasteiger partial charge in [-0.1, -0.05) is 65.2 Å². The van der Waals surface area contributed by atoms with Crippen molar-refractivity contribution in [3.05, 3.63) is 53.6 Å². The van der Waals surface area contributed by atoms with Gasteiger partial charge in [-0.05, 0) is 49.6 Å². The van der Waals surface area contributed by atoms with Gasteiger partial charge < -0.3 is 14.6 Å². The largest absolute Gasteiger partial charge is 0.368 e. The van der Waals surface area contributed by atoms with Crippen molar-refractivity contribution in [1.82, 2.24) is 9.88 Å². The number of hydrogen-bond acceptors (Lipinski definition) is 3. The van der Waals surface area contributed by atoms with Gasteiger partial charge in [0, 0.05) is 25.6 Å². The molecule has 0 amide bonds. The molecule has 0 radical (unpaired) electrons. The molecule has 1 unspecified atom stereocenters. The normalized spacial score (nSPS) is 20.3. The van der Waals surface area contributed by atoms with E-state index in [4.69, 9.17) is 9.73 Å². The number of unbranched alkanes of at least 4 members (excludes halogenated alkanes) is 8. The monoisotopic (exact) mass is 423 g/mol. The van der Waals surface area contributed by atoms with Crippen LogP contribution in [0.3, 0.4) is 0 Å². The second-order valence-electron chi connectivity index (χ2n) is 8.81. The van der Waals surface area contributed by atoms with Crippen LogP contribution in [0.2, 0.25) is 0 Å². The Labute approximate surface area is 189 Å². The molecule has 1 N–H and O–H groups in total. The third-order valence-electron chi connectivity index (χ3n) is 6.10. The molecule has 4 heteroatoms. The molecule has 3 rings (SSSR count). The minimum Gasteiger partial charge on any atom is -0.368 e. The van der Waals surface area contributed by atoms with Crippen molar-refractivity contribution in [2.24, 2.45) is 12.0 Å². The van der Waals surface area contributed by atoms with Crippen LogP contribution in [0.25, 0.3) is 5.70 Å². The molecular weight excluding hydrogens is 382 g/mol. The summed E-state index contributed by atoms with van der Waals surface area (Å²) in [6.45, 7) is 5.17. The highest BCUT2D eigenvalue weighted by Crippen LogP contribution is 2.29. The minimum absolute atomic E-state index is 0.0553. The van der Waals surface area contributed by atoms with E-state index >= 15 is 0 Å². The van der Waals surface area contributed by atoms with Gasteiger partial charge in [-0.2, -0.15) is 0 Å². The van der Waals surface area contributed by atoms with Gasteiger partial charge in [0.15, 0.2) is 0 Å². The fourth-order valence-electron chi connectivity index (χ4n) is 4.28. The Morgan fingerprint density at radius 1 is 0.968 bits per heavy atom. The molecule has 170 valence electrons. The van der Waals surface area contributed by atoms with Gasteiger partial charge >= 0.3 is 0 Å². The SMILES string of the molecule is CCCCCCCCCCCC1=NC(=C2NC(c3cccn3C)=CC2OCCC)C=C1. The van der Waals surface area contributed by atoms with E-state index in [9.17, 15) is 0 Å². The van der Waals surface area contributed by atoms with E-state index in [1.807, 2.05) is 0 Å². The maximum atomic E-state index is 6.13. The molecule has 0 aromatic carbocycles. The number of nitrogens with zero attached hydrogens (tertiary/aromatic N) is 2. The third kappa shape index (κ3) is 6.96. The molecule has 1 aromatic heterocycles. The highest BCUT2D eigenvalue weighted by molar-refractivity contribution is 5.98. The van der Waals surface area contributed by atoms with Crippen LogP contribution in [0.1, 0.15) is 90.2 Å². The van der Waals surface area contributed by atoms with E-state index in [1.54, 1.807) is 0 Å². The maximum absolute atomic E-state index is 6.13. The Hall–Kier alpha value is -2.07. The predicted molar refractivity (Wildman–Crippen MR) is 132 cm³/mol. The van der Waals surface area contributed by atoms with Gasteiger partial charge in [-0.25, -0.2) is 0 Å². The van der Waals surface area contributed by atoms with Crippen molar-refractivity contribution in [3.8, 4) is 0 Å². The minimum atomic E-state index is -0.0553. The average Bonchev–Trinajstić information content (AvgIpc) is 3.50. The predicted octanol–water partition coefficient (Wildman–Crippen LogP) is 6.91. The van der Waals surface area contributed by atoms with E-state index in [0.29, 0.717) is 0 Å². The van der Waals surface area contributed by atoms with Gasteiger partial charge in [0.2, 0.25) is 0 Å². The fraction of sp³-hybridized carbons (Fsp3) is 0.593. The standard InChI is InChI=1S/C27H41N3O/c1-4-6-7-8-9-10-11-12-13-15-22-17-18-23(28-22)27-26(31-20-5-2)21-24(29-27)25-16-14-19-30(25)3/h14,16-19,21,26,29H,4-13,15,20H2,1-3H3. The fourth-order valence-corrected chi connectivity index (χ4v) is 4.28. The lowest BCUT2D eigenvalue weighted by molar-refractivity contribution is 0.109. The quantitative estimate of drug-likeness (QED) is 0.330. The number of rotatable bonds is 14. The highest BCUT2D eigenvalue weighted by atomic mass is 16.5. The lowest BCUT2D eigenvalue weighted by atomic mass is 10.1. The van der Waals surface area contributed by atoms with Crippen LogP contribution < -0.4 is 5.32 Å². The van der Waals surface area contributed by atoms with Crippen LogP contribution in [-0.4, -0.2) is 23.0 Å². The van der Waals surface area contributed by atoms with Gasteiger partial charge in [-0.15, -0.1) is 0 Å². The van der Waals surface area contributed by atoms with Crippen molar-refractivity contribution in [3.63, 3.8) is 0 Å². The molecule has 0 saturated carbocycles. The van der Waals surface area contributed by atoms with Crippen LogP contribution >= 0.6 is 0 Å². The molecule has 0 fully saturated rings. The number of hydrogen-bond donors (Lipinski definition) is 1. The first kappa shape index (κ1) is 23.6. The first-order chi connectivity index (χ1) is 15.2. The topological polar surface area (TPSA) is 38.5 Å². The summed E-state index contributed by atoms with van der Waals surface area (Å²) >= 11 is 0. The molecule has 2 aliphatic rings. The Balaban J connectivity index is 1.51. The Bertz CT molecular complexity index is 812. The first-order valence-corrected chi connectivity index (χ1v) is 12.4. The van der Waals surface area contributed by atoms with Crippen molar-refractivity contribution < 1.29 is 4.74 Å². The summed E-state index contributed by atoms with van der Waals surface area (Å²) in [7, 11) is 2.07. The lowest BCUT2D eigenvalue weighted by Gasteiger charge is -2.13. The van der Waals surface area contributed by atoms with E-state index < -0.39 is 0 Å². The summed E-state index contributed by atoms with van der Waals surface area (Å²) in [5, 5.41) is 3.60. The first-order valence-electron chi connectivity index (χ1n) is 12.4. The summed E-state index contributed by atoms with van der Waals surface area (Å²) < 4.78 is 8.26. The number of aryl methyl sites for hydroxylation is 1. The zero-order valence-electron chi connectivity index (χ0n) is 19.8. The van der Waals surface area contributed by atoms with Crippen molar-refractivity contribution in [2.75, 3.05) is 6.61 Å². The molecule has 3 heterocycles. The summed E-state index contributed by atoms with van der Waals surface area (Å²) in [4.78, 5) is 4.94. The van der Waals surface area contributed by atoms with Crippen LogP contribution in [0.5, 0.6) is 0 Å². The summed E-state index contributed by atoms with van der Waals surface area (Å²) in [5.41, 5.74) is 5.57. The molecule has 0 saturated heterocycles. The Kier molecular flexibility index (Phi) is 9.67. The highest BCUT2D eigenvalue weighted by Gasteiger charge is 2.27. The number of aromatic nitrogens is 1. The Morgan fingerprint density at radius 2 is 1.71 bits per heavy atom. The summed E-state index contributed by atoms with van der Waals surface area (Å²) in [6, 6.07) is 4.20. The number of ether oxygens (including phenoxy) is 1. The number of nitrogens with one attached hydrogen (secondary N) is 1. The van der Waals surface area contributed by atoms with Crippen LogP contribution in [-0.2, 0) is 11.8 Å².